The lowest BCUT2D eigenvalue weighted by Gasteiger charge is -2.03. The van der Waals surface area contributed by atoms with Crippen molar-refractivity contribution in [2.75, 3.05) is 0 Å². The van der Waals surface area contributed by atoms with Gasteiger partial charge in [-0.1, -0.05) is 25.1 Å². The van der Waals surface area contributed by atoms with Gasteiger partial charge in [0.05, 0.1) is 0 Å². The molecule has 0 aliphatic heterocycles. The van der Waals surface area contributed by atoms with Crippen molar-refractivity contribution in [3.63, 3.8) is 0 Å². The zero-order valence-corrected chi connectivity index (χ0v) is 8.67. The van der Waals surface area contributed by atoms with Crippen LogP contribution < -0.4 is 0 Å². The number of hydrogen-bond donors (Lipinski definition) is 0. The smallest absolute Gasteiger partial charge is 0.0444 e. The van der Waals surface area contributed by atoms with Gasteiger partial charge in [0.15, 0.2) is 0 Å². The summed E-state index contributed by atoms with van der Waals surface area (Å²) in [6.45, 7) is 6.30. The standard InChI is InChI=1S/C12H17N/c1-4-6-7-11-9-8-10(3)12(5-2)13-11/h4,6,8-9H,5,7H2,1-3H3. The van der Waals surface area contributed by atoms with E-state index in [0.717, 1.165) is 12.8 Å². The van der Waals surface area contributed by atoms with E-state index in [1.807, 2.05) is 6.92 Å². The van der Waals surface area contributed by atoms with Crippen LogP contribution >= 0.6 is 0 Å². The van der Waals surface area contributed by atoms with Crippen LogP contribution in [-0.2, 0) is 12.8 Å². The van der Waals surface area contributed by atoms with Crippen molar-refractivity contribution >= 4 is 0 Å². The van der Waals surface area contributed by atoms with Crippen LogP contribution in [0.4, 0.5) is 0 Å². The predicted octanol–water partition coefficient (Wildman–Crippen LogP) is 3.07. The van der Waals surface area contributed by atoms with E-state index in [4.69, 9.17) is 0 Å². The number of aromatic nitrogens is 1. The average Bonchev–Trinajstić information content (AvgIpc) is 2.16. The first-order chi connectivity index (χ1) is 6.27. The Morgan fingerprint density at radius 2 is 2.15 bits per heavy atom. The van der Waals surface area contributed by atoms with Crippen LogP contribution in [0.5, 0.6) is 0 Å². The molecule has 1 aromatic rings. The Bertz CT molecular complexity index is 300. The van der Waals surface area contributed by atoms with Crippen LogP contribution in [0.1, 0.15) is 30.8 Å². The molecule has 0 aromatic carbocycles. The highest BCUT2D eigenvalue weighted by molar-refractivity contribution is 5.22. The van der Waals surface area contributed by atoms with Gasteiger partial charge in [0.1, 0.15) is 0 Å². The summed E-state index contributed by atoms with van der Waals surface area (Å²) in [5.41, 5.74) is 3.69. The van der Waals surface area contributed by atoms with Crippen molar-refractivity contribution in [1.82, 2.24) is 4.98 Å². The van der Waals surface area contributed by atoms with Gasteiger partial charge in [-0.3, -0.25) is 4.98 Å². The monoisotopic (exact) mass is 175 g/mol. The van der Waals surface area contributed by atoms with Gasteiger partial charge in [-0.25, -0.2) is 0 Å². The van der Waals surface area contributed by atoms with E-state index in [1.54, 1.807) is 0 Å². The molecule has 1 heterocycles. The van der Waals surface area contributed by atoms with Crippen LogP contribution in [0.3, 0.4) is 0 Å². The molecular weight excluding hydrogens is 158 g/mol. The van der Waals surface area contributed by atoms with E-state index in [1.165, 1.54) is 17.0 Å². The molecule has 13 heavy (non-hydrogen) atoms. The second-order valence-corrected chi connectivity index (χ2v) is 3.19. The lowest BCUT2D eigenvalue weighted by molar-refractivity contribution is 0.960. The molecule has 0 unspecified atom stereocenters. The molecule has 0 N–H and O–H groups in total. The normalized spacial score (nSPS) is 11.0. The molecule has 70 valence electrons. The van der Waals surface area contributed by atoms with E-state index in [0.29, 0.717) is 0 Å². The number of pyridine rings is 1. The minimum Gasteiger partial charge on any atom is -0.257 e. The maximum atomic E-state index is 4.58. The topological polar surface area (TPSA) is 12.9 Å². The molecule has 0 spiro atoms. The molecule has 0 saturated heterocycles. The maximum absolute atomic E-state index is 4.58. The van der Waals surface area contributed by atoms with Gasteiger partial charge in [0.25, 0.3) is 0 Å². The molecule has 0 bridgehead atoms. The van der Waals surface area contributed by atoms with Gasteiger partial charge in [-0.15, -0.1) is 0 Å². The summed E-state index contributed by atoms with van der Waals surface area (Å²) in [5, 5.41) is 0. The fourth-order valence-corrected chi connectivity index (χ4v) is 1.33. The number of rotatable bonds is 3. The summed E-state index contributed by atoms with van der Waals surface area (Å²) >= 11 is 0. The van der Waals surface area contributed by atoms with Crippen molar-refractivity contribution in [1.29, 1.82) is 0 Å². The molecule has 0 fully saturated rings. The van der Waals surface area contributed by atoms with Gasteiger partial charge in [-0.05, 0) is 31.9 Å². The Hall–Kier alpha value is -1.11. The second kappa shape index (κ2) is 4.80. The molecule has 1 nitrogen and oxygen atoms in total. The highest BCUT2D eigenvalue weighted by Crippen LogP contribution is 2.07. The maximum Gasteiger partial charge on any atom is 0.0444 e. The highest BCUT2D eigenvalue weighted by atomic mass is 14.7. The van der Waals surface area contributed by atoms with Gasteiger partial charge in [0, 0.05) is 17.8 Å². The summed E-state index contributed by atoms with van der Waals surface area (Å²) in [6, 6.07) is 4.26. The van der Waals surface area contributed by atoms with Crippen molar-refractivity contribution in [3.8, 4) is 0 Å². The van der Waals surface area contributed by atoms with Gasteiger partial charge < -0.3 is 0 Å². The molecule has 0 saturated carbocycles. The van der Waals surface area contributed by atoms with Crippen LogP contribution in [0.25, 0.3) is 0 Å². The summed E-state index contributed by atoms with van der Waals surface area (Å²) < 4.78 is 0. The molecule has 1 heteroatoms. The van der Waals surface area contributed by atoms with Crippen LogP contribution in [0, 0.1) is 6.92 Å². The predicted molar refractivity (Wildman–Crippen MR) is 56.9 cm³/mol. The third kappa shape index (κ3) is 2.69. The lowest BCUT2D eigenvalue weighted by atomic mass is 10.1. The molecule has 0 amide bonds. The molecule has 0 radical (unpaired) electrons. The van der Waals surface area contributed by atoms with Crippen molar-refractivity contribution in [2.24, 2.45) is 0 Å². The number of allylic oxidation sites excluding steroid dienone is 2. The van der Waals surface area contributed by atoms with Gasteiger partial charge in [-0.2, -0.15) is 0 Å². The van der Waals surface area contributed by atoms with E-state index >= 15 is 0 Å². The Morgan fingerprint density at radius 1 is 1.38 bits per heavy atom. The Morgan fingerprint density at radius 3 is 2.77 bits per heavy atom. The lowest BCUT2D eigenvalue weighted by Crippen LogP contribution is -1.96. The largest absolute Gasteiger partial charge is 0.257 e. The molecule has 0 atom stereocenters. The molecule has 1 aromatic heterocycles. The van der Waals surface area contributed by atoms with E-state index in [9.17, 15) is 0 Å². The minimum atomic E-state index is 0.948. The fourth-order valence-electron chi connectivity index (χ4n) is 1.33. The quantitative estimate of drug-likeness (QED) is 0.643. The molecular formula is C12H17N. The average molecular weight is 175 g/mol. The highest BCUT2D eigenvalue weighted by Gasteiger charge is 1.98. The van der Waals surface area contributed by atoms with Crippen molar-refractivity contribution < 1.29 is 0 Å². The minimum absolute atomic E-state index is 0.948. The zero-order chi connectivity index (χ0) is 9.68. The van der Waals surface area contributed by atoms with Crippen LogP contribution in [-0.4, -0.2) is 4.98 Å². The molecule has 0 aliphatic rings. The molecule has 1 rings (SSSR count). The first kappa shape index (κ1) is 9.97. The zero-order valence-electron chi connectivity index (χ0n) is 8.67. The third-order valence-corrected chi connectivity index (χ3v) is 2.16. The van der Waals surface area contributed by atoms with Crippen molar-refractivity contribution in [3.05, 3.63) is 41.2 Å². The second-order valence-electron chi connectivity index (χ2n) is 3.19. The van der Waals surface area contributed by atoms with Crippen LogP contribution in [0.2, 0.25) is 0 Å². The number of aryl methyl sites for hydroxylation is 2. The fraction of sp³-hybridized carbons (Fsp3) is 0.417. The Labute approximate surface area is 80.5 Å². The number of hydrogen-bond acceptors (Lipinski definition) is 1. The summed E-state index contributed by atoms with van der Waals surface area (Å²) in [7, 11) is 0. The van der Waals surface area contributed by atoms with Gasteiger partial charge in [0.2, 0.25) is 0 Å². The summed E-state index contributed by atoms with van der Waals surface area (Å²) in [5.74, 6) is 0. The summed E-state index contributed by atoms with van der Waals surface area (Å²) in [4.78, 5) is 4.58. The first-order valence-electron chi connectivity index (χ1n) is 4.84. The first-order valence-corrected chi connectivity index (χ1v) is 4.84. The third-order valence-electron chi connectivity index (χ3n) is 2.16. The van der Waals surface area contributed by atoms with E-state index in [2.05, 4.69) is 43.1 Å². The van der Waals surface area contributed by atoms with E-state index in [-0.39, 0.29) is 0 Å². The van der Waals surface area contributed by atoms with Crippen molar-refractivity contribution in [2.45, 2.75) is 33.6 Å². The molecule has 0 aliphatic carbocycles. The Balaban J connectivity index is 2.86. The SMILES string of the molecule is CC=CCc1ccc(C)c(CC)n1. The Kier molecular flexibility index (Phi) is 3.69. The summed E-state index contributed by atoms with van der Waals surface area (Å²) in [6.07, 6.45) is 6.17. The van der Waals surface area contributed by atoms with E-state index < -0.39 is 0 Å². The number of nitrogens with zero attached hydrogens (tertiary/aromatic N) is 1. The van der Waals surface area contributed by atoms with Crippen LogP contribution in [0.15, 0.2) is 24.3 Å². The van der Waals surface area contributed by atoms with Gasteiger partial charge >= 0.3 is 0 Å².